The molecule has 1 N–H and O–H groups in total. The van der Waals surface area contributed by atoms with E-state index in [1.54, 1.807) is 36.4 Å². The van der Waals surface area contributed by atoms with E-state index in [1.165, 1.54) is 6.92 Å². The molecule has 0 aliphatic rings. The number of hydrogen-bond donors (Lipinski definition) is 1. The van der Waals surface area contributed by atoms with Crippen molar-refractivity contribution in [1.82, 2.24) is 4.72 Å². The van der Waals surface area contributed by atoms with Crippen molar-refractivity contribution in [2.24, 2.45) is 0 Å². The van der Waals surface area contributed by atoms with Crippen molar-refractivity contribution < 1.29 is 13.2 Å². The van der Waals surface area contributed by atoms with Gasteiger partial charge in [-0.05, 0) is 38.5 Å². The van der Waals surface area contributed by atoms with E-state index in [-0.39, 0.29) is 16.3 Å². The predicted octanol–water partition coefficient (Wildman–Crippen LogP) is 3.47. The van der Waals surface area contributed by atoms with Crippen molar-refractivity contribution >= 4 is 15.8 Å². The number of rotatable bonds is 6. The molecule has 0 spiro atoms. The van der Waals surface area contributed by atoms with Gasteiger partial charge in [0.1, 0.15) is 0 Å². The average molecular weight is 343 g/mol. The standard InChI is InChI=1S/C19H21NO3S/c1-13-5-9-17(10-6-13)19(15(3)16(4)21)20-24(22,23)18-11-7-14(2)8-12-18/h5-12,19-20H,3H2,1-2,4H3/t19-/m0/s1. The van der Waals surface area contributed by atoms with Crippen molar-refractivity contribution in [3.05, 3.63) is 77.4 Å². The molecule has 0 amide bonds. The van der Waals surface area contributed by atoms with Gasteiger partial charge in [-0.1, -0.05) is 54.1 Å². The molecule has 0 unspecified atom stereocenters. The molecule has 0 heterocycles. The normalized spacial score (nSPS) is 12.6. The Morgan fingerprint density at radius 3 is 1.88 bits per heavy atom. The molecule has 0 saturated heterocycles. The first-order valence-corrected chi connectivity index (χ1v) is 9.04. The molecule has 4 nitrogen and oxygen atoms in total. The summed E-state index contributed by atoms with van der Waals surface area (Å²) in [5.41, 5.74) is 2.90. The average Bonchev–Trinajstić information content (AvgIpc) is 2.53. The van der Waals surface area contributed by atoms with Crippen LogP contribution < -0.4 is 4.72 Å². The van der Waals surface area contributed by atoms with Crippen LogP contribution in [0.15, 0.2) is 65.6 Å². The van der Waals surface area contributed by atoms with Crippen molar-refractivity contribution in [2.75, 3.05) is 0 Å². The second-order valence-electron chi connectivity index (χ2n) is 5.86. The van der Waals surface area contributed by atoms with Gasteiger partial charge in [0.25, 0.3) is 0 Å². The Bertz CT molecular complexity index is 850. The summed E-state index contributed by atoms with van der Waals surface area (Å²) in [6.07, 6.45) is 0. The fourth-order valence-corrected chi connectivity index (χ4v) is 3.46. The fourth-order valence-electron chi connectivity index (χ4n) is 2.24. The lowest BCUT2D eigenvalue weighted by atomic mass is 9.97. The van der Waals surface area contributed by atoms with Crippen LogP contribution in [0.3, 0.4) is 0 Å². The van der Waals surface area contributed by atoms with E-state index >= 15 is 0 Å². The second kappa shape index (κ2) is 7.11. The first-order valence-electron chi connectivity index (χ1n) is 7.56. The van der Waals surface area contributed by atoms with E-state index in [2.05, 4.69) is 11.3 Å². The molecular formula is C19H21NO3S. The van der Waals surface area contributed by atoms with E-state index in [4.69, 9.17) is 0 Å². The summed E-state index contributed by atoms with van der Waals surface area (Å²) in [6, 6.07) is 13.1. The van der Waals surface area contributed by atoms with Gasteiger partial charge in [-0.25, -0.2) is 8.42 Å². The molecule has 5 heteroatoms. The number of benzene rings is 2. The third-order valence-corrected chi connectivity index (χ3v) is 5.25. The molecule has 2 aromatic rings. The topological polar surface area (TPSA) is 63.2 Å². The summed E-state index contributed by atoms with van der Waals surface area (Å²) < 4.78 is 27.9. The van der Waals surface area contributed by atoms with E-state index in [0.717, 1.165) is 11.1 Å². The lowest BCUT2D eigenvalue weighted by Gasteiger charge is -2.20. The minimum Gasteiger partial charge on any atom is -0.295 e. The zero-order valence-electron chi connectivity index (χ0n) is 14.0. The van der Waals surface area contributed by atoms with Crippen molar-refractivity contribution in [3.8, 4) is 0 Å². The van der Waals surface area contributed by atoms with E-state index in [9.17, 15) is 13.2 Å². The number of ketones is 1. The number of carbonyl (C=O) groups is 1. The number of sulfonamides is 1. The summed E-state index contributed by atoms with van der Waals surface area (Å²) in [5.74, 6) is -0.257. The van der Waals surface area contributed by atoms with Crippen LogP contribution in [0, 0.1) is 13.8 Å². The Labute approximate surface area is 143 Å². The van der Waals surface area contributed by atoms with Gasteiger partial charge in [-0.2, -0.15) is 4.72 Å². The van der Waals surface area contributed by atoms with Crippen LogP contribution in [0.2, 0.25) is 0 Å². The third kappa shape index (κ3) is 4.19. The van der Waals surface area contributed by atoms with Crippen LogP contribution >= 0.6 is 0 Å². The summed E-state index contributed by atoms with van der Waals surface area (Å²) in [5, 5.41) is 0. The summed E-state index contributed by atoms with van der Waals surface area (Å²) in [7, 11) is -3.78. The highest BCUT2D eigenvalue weighted by molar-refractivity contribution is 7.89. The zero-order valence-corrected chi connectivity index (χ0v) is 14.9. The van der Waals surface area contributed by atoms with Gasteiger partial charge < -0.3 is 0 Å². The Morgan fingerprint density at radius 2 is 1.42 bits per heavy atom. The highest BCUT2D eigenvalue weighted by Gasteiger charge is 2.25. The van der Waals surface area contributed by atoms with Gasteiger partial charge in [0.15, 0.2) is 5.78 Å². The van der Waals surface area contributed by atoms with Gasteiger partial charge in [-0.3, -0.25) is 4.79 Å². The van der Waals surface area contributed by atoms with Crippen LogP contribution in [0.1, 0.15) is 29.7 Å². The highest BCUT2D eigenvalue weighted by Crippen LogP contribution is 2.24. The van der Waals surface area contributed by atoms with Gasteiger partial charge >= 0.3 is 0 Å². The minimum absolute atomic E-state index is 0.154. The molecule has 0 fully saturated rings. The summed E-state index contributed by atoms with van der Waals surface area (Å²) >= 11 is 0. The molecule has 2 aromatic carbocycles. The molecule has 0 aliphatic carbocycles. The number of nitrogens with one attached hydrogen (secondary N) is 1. The van der Waals surface area contributed by atoms with Crippen LogP contribution in [-0.2, 0) is 14.8 Å². The zero-order chi connectivity index (χ0) is 17.9. The molecule has 0 aliphatic heterocycles. The first-order chi connectivity index (χ1) is 11.2. The Kier molecular flexibility index (Phi) is 5.36. The number of aryl methyl sites for hydroxylation is 2. The Balaban J connectivity index is 2.41. The van der Waals surface area contributed by atoms with Crippen molar-refractivity contribution in [1.29, 1.82) is 0 Å². The number of hydrogen-bond acceptors (Lipinski definition) is 3. The maximum absolute atomic E-state index is 12.7. The fraction of sp³-hybridized carbons (Fsp3) is 0.211. The molecule has 0 saturated carbocycles. The lowest BCUT2D eigenvalue weighted by Crippen LogP contribution is -2.31. The molecule has 0 radical (unpaired) electrons. The minimum atomic E-state index is -3.78. The number of carbonyl (C=O) groups excluding carboxylic acids is 1. The van der Waals surface area contributed by atoms with Gasteiger partial charge in [0.05, 0.1) is 10.9 Å². The Hall–Kier alpha value is -2.24. The Morgan fingerprint density at radius 1 is 0.958 bits per heavy atom. The van der Waals surface area contributed by atoms with Gasteiger partial charge in [0, 0.05) is 5.57 Å². The molecule has 0 bridgehead atoms. The van der Waals surface area contributed by atoms with Gasteiger partial charge in [-0.15, -0.1) is 0 Å². The summed E-state index contributed by atoms with van der Waals surface area (Å²) in [4.78, 5) is 11.9. The van der Waals surface area contributed by atoms with E-state index in [1.807, 2.05) is 26.0 Å². The quantitative estimate of drug-likeness (QED) is 0.817. The second-order valence-corrected chi connectivity index (χ2v) is 7.57. The van der Waals surface area contributed by atoms with Crippen LogP contribution in [0.4, 0.5) is 0 Å². The van der Waals surface area contributed by atoms with Gasteiger partial charge in [0.2, 0.25) is 10.0 Å². The van der Waals surface area contributed by atoms with Crippen molar-refractivity contribution in [3.63, 3.8) is 0 Å². The van der Waals surface area contributed by atoms with Crippen LogP contribution in [0.5, 0.6) is 0 Å². The van der Waals surface area contributed by atoms with E-state index < -0.39 is 16.1 Å². The maximum atomic E-state index is 12.7. The maximum Gasteiger partial charge on any atom is 0.241 e. The SMILES string of the molecule is C=C(C(C)=O)[C@H](NS(=O)(=O)c1ccc(C)cc1)c1ccc(C)cc1. The molecule has 2 rings (SSSR count). The third-order valence-electron chi connectivity index (χ3n) is 3.82. The monoisotopic (exact) mass is 343 g/mol. The first kappa shape index (κ1) is 18.1. The van der Waals surface area contributed by atoms with E-state index in [0.29, 0.717) is 5.56 Å². The van der Waals surface area contributed by atoms with Crippen LogP contribution in [0.25, 0.3) is 0 Å². The predicted molar refractivity (Wildman–Crippen MR) is 95.2 cm³/mol. The largest absolute Gasteiger partial charge is 0.295 e. The highest BCUT2D eigenvalue weighted by atomic mass is 32.2. The number of Topliss-reactive ketones (excluding diaryl/α,β-unsaturated/α-hetero) is 1. The smallest absolute Gasteiger partial charge is 0.241 e. The van der Waals surface area contributed by atoms with Crippen LogP contribution in [-0.4, -0.2) is 14.2 Å². The lowest BCUT2D eigenvalue weighted by molar-refractivity contribution is -0.113. The molecular weight excluding hydrogens is 322 g/mol. The van der Waals surface area contributed by atoms with Crippen molar-refractivity contribution in [2.45, 2.75) is 31.7 Å². The molecule has 0 aromatic heterocycles. The molecule has 24 heavy (non-hydrogen) atoms. The summed E-state index contributed by atoms with van der Waals surface area (Å²) in [6.45, 7) is 8.97. The molecule has 1 atom stereocenters. The molecule has 126 valence electrons.